The van der Waals surface area contributed by atoms with E-state index in [-0.39, 0.29) is 11.8 Å². The zero-order chi connectivity index (χ0) is 13.9. The van der Waals surface area contributed by atoms with E-state index in [1.807, 2.05) is 36.4 Å². The van der Waals surface area contributed by atoms with E-state index in [1.54, 1.807) is 0 Å². The first-order valence-corrected chi connectivity index (χ1v) is 7.14. The molecule has 2 aromatic rings. The van der Waals surface area contributed by atoms with Crippen molar-refractivity contribution in [3.63, 3.8) is 0 Å². The lowest BCUT2D eigenvalue weighted by Crippen LogP contribution is -2.22. The van der Waals surface area contributed by atoms with E-state index in [2.05, 4.69) is 18.2 Å². The van der Waals surface area contributed by atoms with Crippen LogP contribution in [-0.2, 0) is 11.2 Å². The lowest BCUT2D eigenvalue weighted by molar-refractivity contribution is -0.119. The number of carbonyl (C=O) groups is 1. The molecule has 102 valence electrons. The number of nitrogens with two attached hydrogens (primary N) is 1. The van der Waals surface area contributed by atoms with E-state index in [4.69, 9.17) is 5.73 Å². The number of fused-ring (bicyclic) bond motifs is 1. The summed E-state index contributed by atoms with van der Waals surface area (Å²) in [6.45, 7) is 0. The van der Waals surface area contributed by atoms with Crippen molar-refractivity contribution in [3.05, 3.63) is 71.3 Å². The molecule has 0 amide bonds. The predicted molar refractivity (Wildman–Crippen MR) is 80.5 cm³/mol. The van der Waals surface area contributed by atoms with Crippen molar-refractivity contribution in [1.82, 2.24) is 0 Å². The highest BCUT2D eigenvalue weighted by atomic mass is 16.1. The molecule has 0 heterocycles. The summed E-state index contributed by atoms with van der Waals surface area (Å²) in [4.78, 5) is 12.2. The molecule has 1 aliphatic rings. The van der Waals surface area contributed by atoms with Crippen LogP contribution < -0.4 is 5.73 Å². The predicted octanol–water partition coefficient (Wildman–Crippen LogP) is 3.38. The van der Waals surface area contributed by atoms with E-state index < -0.39 is 0 Å². The second-order valence-corrected chi connectivity index (χ2v) is 5.56. The molecule has 2 unspecified atom stereocenters. The summed E-state index contributed by atoms with van der Waals surface area (Å²) in [5, 5.41) is 0. The minimum atomic E-state index is -0.181. The Bertz CT molecular complexity index is 600. The average Bonchev–Trinajstić information content (AvgIpc) is 2.46. The Hall–Kier alpha value is -1.93. The Morgan fingerprint density at radius 3 is 2.55 bits per heavy atom. The quantitative estimate of drug-likeness (QED) is 0.900. The fourth-order valence-corrected chi connectivity index (χ4v) is 2.97. The summed E-state index contributed by atoms with van der Waals surface area (Å²) < 4.78 is 0. The van der Waals surface area contributed by atoms with Gasteiger partial charge in [-0.15, -0.1) is 0 Å². The Kier molecular flexibility index (Phi) is 3.66. The van der Waals surface area contributed by atoms with Crippen molar-refractivity contribution >= 4 is 5.78 Å². The third-order valence-electron chi connectivity index (χ3n) is 4.11. The Labute approximate surface area is 119 Å². The van der Waals surface area contributed by atoms with Crippen molar-refractivity contribution in [2.75, 3.05) is 0 Å². The highest BCUT2D eigenvalue weighted by Gasteiger charge is 2.27. The minimum absolute atomic E-state index is 0.181. The highest BCUT2D eigenvalue weighted by molar-refractivity contribution is 5.80. The van der Waals surface area contributed by atoms with Gasteiger partial charge < -0.3 is 5.73 Å². The van der Waals surface area contributed by atoms with Crippen LogP contribution in [0, 0.1) is 0 Å². The molecule has 0 aromatic heterocycles. The molecule has 0 saturated heterocycles. The molecule has 2 heteroatoms. The summed E-state index contributed by atoms with van der Waals surface area (Å²) in [5.41, 5.74) is 9.87. The van der Waals surface area contributed by atoms with Gasteiger partial charge >= 0.3 is 0 Å². The van der Waals surface area contributed by atoms with Crippen LogP contribution in [0.3, 0.4) is 0 Å². The first kappa shape index (κ1) is 13.1. The number of carbonyl (C=O) groups excluding carboxylic acids is 1. The number of hydrogen-bond acceptors (Lipinski definition) is 2. The monoisotopic (exact) mass is 265 g/mol. The number of rotatable bonds is 5. The van der Waals surface area contributed by atoms with Crippen molar-refractivity contribution in [3.8, 4) is 0 Å². The molecule has 0 spiro atoms. The van der Waals surface area contributed by atoms with Crippen molar-refractivity contribution < 1.29 is 4.79 Å². The molecule has 1 aliphatic carbocycles. The van der Waals surface area contributed by atoms with Crippen LogP contribution in [-0.4, -0.2) is 5.78 Å². The average molecular weight is 265 g/mol. The molecule has 20 heavy (non-hydrogen) atoms. The maximum Gasteiger partial charge on any atom is 0.135 e. The Balaban J connectivity index is 1.57. The smallest absolute Gasteiger partial charge is 0.135 e. The lowest BCUT2D eigenvalue weighted by Gasteiger charge is -2.29. The van der Waals surface area contributed by atoms with Crippen LogP contribution in [0.5, 0.6) is 0 Å². The van der Waals surface area contributed by atoms with Gasteiger partial charge in [-0.3, -0.25) is 4.79 Å². The van der Waals surface area contributed by atoms with Gasteiger partial charge in [0, 0.05) is 18.9 Å². The van der Waals surface area contributed by atoms with Crippen LogP contribution in [0.15, 0.2) is 54.6 Å². The van der Waals surface area contributed by atoms with E-state index in [9.17, 15) is 4.79 Å². The van der Waals surface area contributed by atoms with E-state index in [0.717, 1.165) is 12.0 Å². The Morgan fingerprint density at radius 2 is 1.80 bits per heavy atom. The van der Waals surface area contributed by atoms with Crippen LogP contribution in [0.4, 0.5) is 0 Å². The number of benzene rings is 2. The molecule has 0 radical (unpaired) electrons. The minimum Gasteiger partial charge on any atom is -0.324 e. The maximum absolute atomic E-state index is 12.2. The SMILES string of the molecule is NC(CC(=O)CC1Cc2ccccc21)c1ccccc1. The van der Waals surface area contributed by atoms with Gasteiger partial charge in [0.2, 0.25) is 0 Å². The fourth-order valence-electron chi connectivity index (χ4n) is 2.97. The Morgan fingerprint density at radius 1 is 1.10 bits per heavy atom. The van der Waals surface area contributed by atoms with E-state index in [1.165, 1.54) is 11.1 Å². The van der Waals surface area contributed by atoms with Crippen molar-refractivity contribution in [1.29, 1.82) is 0 Å². The molecule has 0 bridgehead atoms. The summed E-state index contributed by atoms with van der Waals surface area (Å²) >= 11 is 0. The summed E-state index contributed by atoms with van der Waals surface area (Å²) in [5.74, 6) is 0.669. The topological polar surface area (TPSA) is 43.1 Å². The molecule has 2 aromatic carbocycles. The standard InChI is InChI=1S/C18H19NO/c19-18(13-6-2-1-3-7-13)12-16(20)11-15-10-14-8-4-5-9-17(14)15/h1-9,15,18H,10-12,19H2. The normalized spacial score (nSPS) is 17.9. The zero-order valence-electron chi connectivity index (χ0n) is 11.5. The molecular formula is C18H19NO. The third-order valence-corrected chi connectivity index (χ3v) is 4.11. The molecule has 0 saturated carbocycles. The van der Waals surface area contributed by atoms with E-state index in [0.29, 0.717) is 18.8 Å². The van der Waals surface area contributed by atoms with Crippen LogP contribution in [0.1, 0.15) is 41.5 Å². The van der Waals surface area contributed by atoms with Gasteiger partial charge in [0.25, 0.3) is 0 Å². The fraction of sp³-hybridized carbons (Fsp3) is 0.278. The van der Waals surface area contributed by atoms with Gasteiger partial charge in [-0.2, -0.15) is 0 Å². The molecule has 3 rings (SSSR count). The zero-order valence-corrected chi connectivity index (χ0v) is 11.5. The van der Waals surface area contributed by atoms with Gasteiger partial charge in [0.1, 0.15) is 5.78 Å². The van der Waals surface area contributed by atoms with Crippen LogP contribution in [0.25, 0.3) is 0 Å². The maximum atomic E-state index is 12.2. The second-order valence-electron chi connectivity index (χ2n) is 5.56. The molecule has 2 nitrogen and oxygen atoms in total. The first-order chi connectivity index (χ1) is 9.74. The first-order valence-electron chi connectivity index (χ1n) is 7.14. The summed E-state index contributed by atoms with van der Waals surface area (Å²) in [6, 6.07) is 18.0. The van der Waals surface area contributed by atoms with Gasteiger partial charge in [0.15, 0.2) is 0 Å². The summed E-state index contributed by atoms with van der Waals surface area (Å²) in [6.07, 6.45) is 2.09. The molecule has 0 aliphatic heterocycles. The van der Waals surface area contributed by atoms with Crippen LogP contribution >= 0.6 is 0 Å². The van der Waals surface area contributed by atoms with Gasteiger partial charge in [-0.25, -0.2) is 0 Å². The van der Waals surface area contributed by atoms with Crippen LogP contribution in [0.2, 0.25) is 0 Å². The van der Waals surface area contributed by atoms with Gasteiger partial charge in [-0.05, 0) is 29.0 Å². The lowest BCUT2D eigenvalue weighted by atomic mass is 9.74. The third kappa shape index (κ3) is 2.66. The molecule has 0 fully saturated rings. The summed E-state index contributed by atoms with van der Waals surface area (Å²) in [7, 11) is 0. The van der Waals surface area contributed by atoms with E-state index >= 15 is 0 Å². The number of ketones is 1. The van der Waals surface area contributed by atoms with Gasteiger partial charge in [-0.1, -0.05) is 54.6 Å². The molecule has 2 N–H and O–H groups in total. The van der Waals surface area contributed by atoms with Gasteiger partial charge in [0.05, 0.1) is 0 Å². The second kappa shape index (κ2) is 5.59. The number of hydrogen-bond donors (Lipinski definition) is 1. The number of Topliss-reactive ketones (excluding diaryl/α,β-unsaturated/α-hetero) is 1. The molecule has 2 atom stereocenters. The van der Waals surface area contributed by atoms with Crippen molar-refractivity contribution in [2.45, 2.75) is 31.2 Å². The van der Waals surface area contributed by atoms with Crippen molar-refractivity contribution in [2.24, 2.45) is 5.73 Å². The highest BCUT2D eigenvalue weighted by Crippen LogP contribution is 2.37. The molecular weight excluding hydrogens is 246 g/mol. The largest absolute Gasteiger partial charge is 0.324 e.